The number of halogens is 3. The van der Waals surface area contributed by atoms with Crippen molar-refractivity contribution in [1.82, 2.24) is 0 Å². The van der Waals surface area contributed by atoms with Crippen LogP contribution in [0.25, 0.3) is 0 Å². The van der Waals surface area contributed by atoms with E-state index in [0.717, 1.165) is 30.7 Å². The van der Waals surface area contributed by atoms with Gasteiger partial charge in [0.05, 0.1) is 15.2 Å². The molecule has 3 rings (SSSR count). The first-order valence-corrected chi connectivity index (χ1v) is 7.18. The van der Waals surface area contributed by atoms with Gasteiger partial charge in [-0.3, -0.25) is 0 Å². The predicted octanol–water partition coefficient (Wildman–Crippen LogP) is 3.03. The first-order chi connectivity index (χ1) is 8.27. The topological polar surface area (TPSA) is 34.1 Å². The lowest BCUT2D eigenvalue weighted by Crippen LogP contribution is -2.32. The number of rotatable bonds is 2. The van der Waals surface area contributed by atoms with Gasteiger partial charge in [0.15, 0.2) is 9.84 Å². The van der Waals surface area contributed by atoms with Crippen LogP contribution in [-0.2, 0) is 16.0 Å². The second-order valence-corrected chi connectivity index (χ2v) is 7.32. The first kappa shape index (κ1) is 12.0. The summed E-state index contributed by atoms with van der Waals surface area (Å²) in [6.07, 6.45) is -2.21. The molecule has 0 bridgehead atoms. The van der Waals surface area contributed by atoms with Crippen LogP contribution in [0.5, 0.6) is 0 Å². The lowest BCUT2D eigenvalue weighted by atomic mass is 10.00. The van der Waals surface area contributed by atoms with Crippen LogP contribution >= 0.6 is 0 Å². The van der Waals surface area contributed by atoms with Crippen molar-refractivity contribution in [2.45, 2.75) is 35.1 Å². The summed E-state index contributed by atoms with van der Waals surface area (Å²) < 4.78 is 61.0. The third kappa shape index (κ3) is 1.44. The predicted molar refractivity (Wildman–Crippen MR) is 58.7 cm³/mol. The minimum Gasteiger partial charge on any atom is -0.223 e. The molecule has 0 saturated heterocycles. The van der Waals surface area contributed by atoms with Gasteiger partial charge in [-0.05, 0) is 49.4 Å². The zero-order valence-corrected chi connectivity index (χ0v) is 10.2. The summed E-state index contributed by atoms with van der Waals surface area (Å²) in [5.41, 5.74) is -0.820. The lowest BCUT2D eigenvalue weighted by molar-refractivity contribution is -0.137. The Morgan fingerprint density at radius 1 is 1.17 bits per heavy atom. The van der Waals surface area contributed by atoms with Gasteiger partial charge in [0.2, 0.25) is 0 Å². The summed E-state index contributed by atoms with van der Waals surface area (Å²) in [5.74, 6) is 0.227. The summed E-state index contributed by atoms with van der Waals surface area (Å²) in [4.78, 5) is 0.0118. The Labute approximate surface area is 103 Å². The number of benzene rings is 1. The van der Waals surface area contributed by atoms with Crippen molar-refractivity contribution in [2.75, 3.05) is 0 Å². The van der Waals surface area contributed by atoms with Gasteiger partial charge in [-0.2, -0.15) is 13.2 Å². The molecule has 0 radical (unpaired) electrons. The number of alkyl halides is 3. The second kappa shape index (κ2) is 3.29. The van der Waals surface area contributed by atoms with Gasteiger partial charge in [-0.15, -0.1) is 0 Å². The van der Waals surface area contributed by atoms with E-state index in [4.69, 9.17) is 0 Å². The molecule has 0 unspecified atom stereocenters. The van der Waals surface area contributed by atoms with Crippen molar-refractivity contribution in [1.29, 1.82) is 0 Å². The highest BCUT2D eigenvalue weighted by Crippen LogP contribution is 2.66. The second-order valence-electron chi connectivity index (χ2n) is 5.03. The molecule has 1 aromatic rings. The van der Waals surface area contributed by atoms with E-state index in [2.05, 4.69) is 0 Å². The van der Waals surface area contributed by atoms with Crippen molar-refractivity contribution in [3.8, 4) is 0 Å². The van der Waals surface area contributed by atoms with Crippen LogP contribution in [0.4, 0.5) is 13.2 Å². The van der Waals surface area contributed by atoms with Crippen LogP contribution in [0, 0.1) is 5.92 Å². The summed E-state index contributed by atoms with van der Waals surface area (Å²) in [6.45, 7) is 0. The Bertz CT molecular complexity index is 585. The van der Waals surface area contributed by atoms with Crippen molar-refractivity contribution in [3.05, 3.63) is 29.8 Å². The molecule has 0 spiro atoms. The lowest BCUT2D eigenvalue weighted by Gasteiger charge is -2.25. The first-order valence-electron chi connectivity index (χ1n) is 5.69. The van der Waals surface area contributed by atoms with Crippen molar-refractivity contribution in [3.63, 3.8) is 0 Å². The van der Waals surface area contributed by atoms with Crippen LogP contribution < -0.4 is 0 Å². The third-order valence-electron chi connectivity index (χ3n) is 4.12. The molecule has 1 aromatic carbocycles. The summed E-state index contributed by atoms with van der Waals surface area (Å²) >= 11 is 0. The monoisotopic (exact) mass is 276 g/mol. The third-order valence-corrected chi connectivity index (χ3v) is 6.79. The van der Waals surface area contributed by atoms with Crippen LogP contribution in [0.1, 0.15) is 24.8 Å². The van der Waals surface area contributed by atoms with Crippen molar-refractivity contribution >= 4 is 9.84 Å². The van der Waals surface area contributed by atoms with E-state index >= 15 is 0 Å². The van der Waals surface area contributed by atoms with Gasteiger partial charge in [0, 0.05) is 0 Å². The number of fused-ring (bicyclic) bond motifs is 1. The maximum Gasteiger partial charge on any atom is 0.416 e. The zero-order valence-electron chi connectivity index (χ0n) is 9.37. The summed E-state index contributed by atoms with van der Waals surface area (Å²) in [7, 11) is -3.46. The smallest absolute Gasteiger partial charge is 0.223 e. The molecule has 2 fully saturated rings. The molecular weight excluding hydrogens is 265 g/mol. The molecule has 0 aliphatic heterocycles. The Morgan fingerprint density at radius 3 is 2.11 bits per heavy atom. The molecule has 18 heavy (non-hydrogen) atoms. The highest BCUT2D eigenvalue weighted by Gasteiger charge is 2.69. The molecule has 0 N–H and O–H groups in total. The fraction of sp³-hybridized carbons (Fsp3) is 0.500. The van der Waals surface area contributed by atoms with E-state index in [1.165, 1.54) is 0 Å². The van der Waals surface area contributed by atoms with Gasteiger partial charge in [-0.1, -0.05) is 0 Å². The SMILES string of the molecule is O=S(=O)(c1ccc(C(F)(F)F)cc1)[C@]12CC[C@H]1C2. The molecule has 2 atom stereocenters. The molecule has 0 heterocycles. The normalized spacial score (nSPS) is 30.5. The maximum atomic E-state index is 12.4. The van der Waals surface area contributed by atoms with E-state index in [-0.39, 0.29) is 10.8 Å². The van der Waals surface area contributed by atoms with E-state index < -0.39 is 26.3 Å². The van der Waals surface area contributed by atoms with E-state index in [9.17, 15) is 21.6 Å². The zero-order chi connectivity index (χ0) is 13.2. The molecule has 98 valence electrons. The molecule has 2 aliphatic carbocycles. The van der Waals surface area contributed by atoms with Crippen LogP contribution in [0.2, 0.25) is 0 Å². The summed E-state index contributed by atoms with van der Waals surface area (Å²) in [5, 5.41) is 0. The molecule has 0 amide bonds. The van der Waals surface area contributed by atoms with Gasteiger partial charge in [0.1, 0.15) is 0 Å². The highest BCUT2D eigenvalue weighted by molar-refractivity contribution is 7.93. The van der Waals surface area contributed by atoms with Crippen molar-refractivity contribution < 1.29 is 21.6 Å². The molecular formula is C12H11F3O2S. The van der Waals surface area contributed by atoms with Gasteiger partial charge < -0.3 is 0 Å². The maximum absolute atomic E-state index is 12.4. The van der Waals surface area contributed by atoms with Crippen LogP contribution in [0.15, 0.2) is 29.2 Å². The standard InChI is InChI=1S/C12H11F3O2S/c13-12(14,15)8-1-3-10(4-2-8)18(16,17)11-6-5-9(11)7-11/h1-4,9H,5-7H2/t9-,11-/m0/s1. The largest absolute Gasteiger partial charge is 0.416 e. The molecule has 2 saturated carbocycles. The molecule has 2 aliphatic rings. The molecule has 2 nitrogen and oxygen atoms in total. The minimum absolute atomic E-state index is 0.0118. The average Bonchev–Trinajstić information content (AvgIpc) is 2.81. The van der Waals surface area contributed by atoms with Gasteiger partial charge in [0.25, 0.3) is 0 Å². The Kier molecular flexibility index (Phi) is 2.20. The van der Waals surface area contributed by atoms with Crippen LogP contribution in [-0.4, -0.2) is 13.2 Å². The Balaban J connectivity index is 1.94. The molecule has 0 aromatic heterocycles. The van der Waals surface area contributed by atoms with E-state index in [1.807, 2.05) is 0 Å². The fourth-order valence-corrected chi connectivity index (χ4v) is 5.08. The quantitative estimate of drug-likeness (QED) is 0.832. The fourth-order valence-electron chi connectivity index (χ4n) is 2.75. The number of sulfone groups is 1. The van der Waals surface area contributed by atoms with E-state index in [0.29, 0.717) is 12.8 Å². The Hall–Kier alpha value is -1.04. The minimum atomic E-state index is -4.43. The Morgan fingerprint density at radius 2 is 1.78 bits per heavy atom. The summed E-state index contributed by atoms with van der Waals surface area (Å²) in [6, 6.07) is 3.81. The van der Waals surface area contributed by atoms with E-state index in [1.54, 1.807) is 0 Å². The highest BCUT2D eigenvalue weighted by atomic mass is 32.2. The average molecular weight is 276 g/mol. The number of hydrogen-bond donors (Lipinski definition) is 0. The number of hydrogen-bond acceptors (Lipinski definition) is 2. The van der Waals surface area contributed by atoms with Gasteiger partial charge in [-0.25, -0.2) is 8.42 Å². The van der Waals surface area contributed by atoms with Crippen molar-refractivity contribution in [2.24, 2.45) is 5.92 Å². The van der Waals surface area contributed by atoms with Crippen LogP contribution in [0.3, 0.4) is 0 Å². The molecule has 6 heteroatoms. The van der Waals surface area contributed by atoms with Gasteiger partial charge >= 0.3 is 6.18 Å².